The third-order valence-corrected chi connectivity index (χ3v) is 5.54. The van der Waals surface area contributed by atoms with E-state index >= 15 is 0 Å². The molecule has 0 radical (unpaired) electrons. The number of aryl methyl sites for hydroxylation is 1. The van der Waals surface area contributed by atoms with Gasteiger partial charge >= 0.3 is 0 Å². The molecule has 2 heterocycles. The molecule has 0 bridgehead atoms. The SMILES string of the molecule is Cn1cccc1C(=O)N[C@H]1CC[C@@H](Nc2ccnc3cc(Cl)ccc23)CC1. The molecule has 0 unspecified atom stereocenters. The summed E-state index contributed by atoms with van der Waals surface area (Å²) in [6, 6.07) is 12.2. The van der Waals surface area contributed by atoms with E-state index in [0.29, 0.717) is 16.8 Å². The molecule has 140 valence electrons. The summed E-state index contributed by atoms with van der Waals surface area (Å²) in [4.78, 5) is 16.8. The number of anilines is 1. The van der Waals surface area contributed by atoms with Crippen molar-refractivity contribution in [2.75, 3.05) is 5.32 Å². The number of amides is 1. The van der Waals surface area contributed by atoms with Crippen LogP contribution in [0.3, 0.4) is 0 Å². The summed E-state index contributed by atoms with van der Waals surface area (Å²) in [6.07, 6.45) is 7.70. The first-order chi connectivity index (χ1) is 13.1. The maximum Gasteiger partial charge on any atom is 0.268 e. The summed E-state index contributed by atoms with van der Waals surface area (Å²) in [5, 5.41) is 8.60. The van der Waals surface area contributed by atoms with Crippen molar-refractivity contribution in [3.8, 4) is 0 Å². The van der Waals surface area contributed by atoms with E-state index in [4.69, 9.17) is 11.6 Å². The molecule has 1 amide bonds. The van der Waals surface area contributed by atoms with E-state index in [-0.39, 0.29) is 11.9 Å². The highest BCUT2D eigenvalue weighted by Gasteiger charge is 2.23. The quantitative estimate of drug-likeness (QED) is 0.704. The van der Waals surface area contributed by atoms with E-state index in [2.05, 4.69) is 15.6 Å². The fourth-order valence-corrected chi connectivity index (χ4v) is 3.97. The van der Waals surface area contributed by atoms with E-state index in [9.17, 15) is 4.79 Å². The molecule has 3 aromatic rings. The highest BCUT2D eigenvalue weighted by atomic mass is 35.5. The van der Waals surface area contributed by atoms with Crippen molar-refractivity contribution in [1.29, 1.82) is 0 Å². The van der Waals surface area contributed by atoms with Crippen molar-refractivity contribution in [3.05, 3.63) is 59.5 Å². The molecule has 5 nitrogen and oxygen atoms in total. The first kappa shape index (κ1) is 17.9. The highest BCUT2D eigenvalue weighted by Crippen LogP contribution is 2.28. The van der Waals surface area contributed by atoms with Gasteiger partial charge in [0.15, 0.2) is 0 Å². The van der Waals surface area contributed by atoms with Crippen LogP contribution in [0.15, 0.2) is 48.8 Å². The van der Waals surface area contributed by atoms with Crippen LogP contribution in [-0.4, -0.2) is 27.5 Å². The number of nitrogens with zero attached hydrogens (tertiary/aromatic N) is 2. The number of pyridine rings is 1. The van der Waals surface area contributed by atoms with Gasteiger partial charge in [0.1, 0.15) is 5.69 Å². The van der Waals surface area contributed by atoms with Crippen molar-refractivity contribution >= 4 is 34.1 Å². The van der Waals surface area contributed by atoms with Gasteiger partial charge in [-0.3, -0.25) is 9.78 Å². The zero-order chi connectivity index (χ0) is 18.8. The molecule has 27 heavy (non-hydrogen) atoms. The minimum absolute atomic E-state index is 0.0101. The molecule has 0 spiro atoms. The Morgan fingerprint density at radius 2 is 1.93 bits per heavy atom. The van der Waals surface area contributed by atoms with Crippen molar-refractivity contribution in [2.24, 2.45) is 7.05 Å². The summed E-state index contributed by atoms with van der Waals surface area (Å²) in [7, 11) is 1.89. The van der Waals surface area contributed by atoms with Gasteiger partial charge in [0.05, 0.1) is 5.52 Å². The number of carbonyl (C=O) groups excluding carboxylic acids is 1. The van der Waals surface area contributed by atoms with E-state index < -0.39 is 0 Å². The molecule has 1 saturated carbocycles. The Balaban J connectivity index is 1.36. The Hall–Kier alpha value is -2.53. The minimum Gasteiger partial charge on any atom is -0.382 e. The third-order valence-electron chi connectivity index (χ3n) is 5.30. The molecule has 1 aromatic carbocycles. The van der Waals surface area contributed by atoms with Crippen LogP contribution in [0.2, 0.25) is 5.02 Å². The van der Waals surface area contributed by atoms with Gasteiger partial charge in [-0.05, 0) is 62.1 Å². The predicted molar refractivity (Wildman–Crippen MR) is 109 cm³/mol. The monoisotopic (exact) mass is 382 g/mol. The number of rotatable bonds is 4. The van der Waals surface area contributed by atoms with Gasteiger partial charge in [-0.1, -0.05) is 11.6 Å². The average Bonchev–Trinajstić information content (AvgIpc) is 3.09. The van der Waals surface area contributed by atoms with Crippen LogP contribution in [0.4, 0.5) is 5.69 Å². The zero-order valence-corrected chi connectivity index (χ0v) is 16.0. The number of halogens is 1. The van der Waals surface area contributed by atoms with Gasteiger partial charge in [0, 0.05) is 47.6 Å². The van der Waals surface area contributed by atoms with Gasteiger partial charge in [0.2, 0.25) is 0 Å². The molecule has 0 aliphatic heterocycles. The molecule has 6 heteroatoms. The molecule has 1 fully saturated rings. The fourth-order valence-electron chi connectivity index (χ4n) is 3.81. The minimum atomic E-state index is 0.0101. The zero-order valence-electron chi connectivity index (χ0n) is 15.3. The maximum absolute atomic E-state index is 12.4. The Kier molecular flexibility index (Phi) is 5.03. The van der Waals surface area contributed by atoms with Gasteiger partial charge < -0.3 is 15.2 Å². The molecular weight excluding hydrogens is 360 g/mol. The number of nitrogens with one attached hydrogen (secondary N) is 2. The second-order valence-corrected chi connectivity index (χ2v) is 7.63. The summed E-state index contributed by atoms with van der Waals surface area (Å²) in [5.74, 6) is 0.0101. The average molecular weight is 383 g/mol. The topological polar surface area (TPSA) is 59.0 Å². The number of hydrogen-bond donors (Lipinski definition) is 2. The summed E-state index contributed by atoms with van der Waals surface area (Å²) < 4.78 is 1.85. The Morgan fingerprint density at radius 1 is 1.15 bits per heavy atom. The number of carbonyl (C=O) groups is 1. The second-order valence-electron chi connectivity index (χ2n) is 7.19. The van der Waals surface area contributed by atoms with Crippen molar-refractivity contribution < 1.29 is 4.79 Å². The molecule has 0 saturated heterocycles. The van der Waals surface area contributed by atoms with Gasteiger partial charge in [-0.15, -0.1) is 0 Å². The molecular formula is C21H23ClN4O. The lowest BCUT2D eigenvalue weighted by molar-refractivity contribution is 0.0918. The molecule has 1 aliphatic carbocycles. The molecule has 2 N–H and O–H groups in total. The fraction of sp³-hybridized carbons (Fsp3) is 0.333. The molecule has 4 rings (SSSR count). The molecule has 0 atom stereocenters. The second kappa shape index (κ2) is 7.61. The summed E-state index contributed by atoms with van der Waals surface area (Å²) in [5.41, 5.74) is 2.70. The molecule has 2 aromatic heterocycles. The first-order valence-corrected chi connectivity index (χ1v) is 9.71. The van der Waals surface area contributed by atoms with Gasteiger partial charge in [0.25, 0.3) is 5.91 Å². The van der Waals surface area contributed by atoms with Crippen molar-refractivity contribution in [2.45, 2.75) is 37.8 Å². The normalized spacial score (nSPS) is 19.8. The van der Waals surface area contributed by atoms with Crippen LogP contribution in [0.1, 0.15) is 36.2 Å². The lowest BCUT2D eigenvalue weighted by Crippen LogP contribution is -2.40. The lowest BCUT2D eigenvalue weighted by atomic mass is 9.90. The van der Waals surface area contributed by atoms with Crippen LogP contribution in [0.25, 0.3) is 10.9 Å². The Bertz CT molecular complexity index is 960. The van der Waals surface area contributed by atoms with Crippen LogP contribution in [0.5, 0.6) is 0 Å². The standard InChI is InChI=1S/C21H23ClN4O/c1-26-12-2-3-20(26)21(27)25-16-7-5-15(6-8-16)24-18-10-11-23-19-13-14(22)4-9-17(18)19/h2-4,9-13,15-16H,5-8H2,1H3,(H,23,24)(H,25,27)/t15-,16+. The number of fused-ring (bicyclic) bond motifs is 1. The van der Waals surface area contributed by atoms with Crippen LogP contribution in [0, 0.1) is 0 Å². The van der Waals surface area contributed by atoms with E-state index in [1.54, 1.807) is 0 Å². The van der Waals surface area contributed by atoms with Gasteiger partial charge in [-0.2, -0.15) is 0 Å². The lowest BCUT2D eigenvalue weighted by Gasteiger charge is -2.30. The maximum atomic E-state index is 12.4. The Morgan fingerprint density at radius 3 is 2.67 bits per heavy atom. The smallest absolute Gasteiger partial charge is 0.268 e. The van der Waals surface area contributed by atoms with Crippen LogP contribution in [-0.2, 0) is 7.05 Å². The van der Waals surface area contributed by atoms with Crippen LogP contribution < -0.4 is 10.6 Å². The highest BCUT2D eigenvalue weighted by molar-refractivity contribution is 6.31. The largest absolute Gasteiger partial charge is 0.382 e. The van der Waals surface area contributed by atoms with Crippen molar-refractivity contribution in [3.63, 3.8) is 0 Å². The summed E-state index contributed by atoms with van der Waals surface area (Å²) in [6.45, 7) is 0. The summed E-state index contributed by atoms with van der Waals surface area (Å²) >= 11 is 6.07. The molecule has 1 aliphatic rings. The first-order valence-electron chi connectivity index (χ1n) is 9.33. The van der Waals surface area contributed by atoms with E-state index in [1.807, 2.05) is 60.4 Å². The third kappa shape index (κ3) is 3.93. The van der Waals surface area contributed by atoms with E-state index in [0.717, 1.165) is 42.3 Å². The van der Waals surface area contributed by atoms with Gasteiger partial charge in [-0.25, -0.2) is 0 Å². The number of benzene rings is 1. The predicted octanol–water partition coefficient (Wildman–Crippen LogP) is 4.38. The van der Waals surface area contributed by atoms with Crippen LogP contribution >= 0.6 is 11.6 Å². The van der Waals surface area contributed by atoms with Crippen molar-refractivity contribution in [1.82, 2.24) is 14.9 Å². The Labute approximate surface area is 163 Å². The number of aromatic nitrogens is 2. The number of hydrogen-bond acceptors (Lipinski definition) is 3. The van der Waals surface area contributed by atoms with E-state index in [1.165, 1.54) is 0 Å².